The van der Waals surface area contributed by atoms with Gasteiger partial charge < -0.3 is 15.3 Å². The molecule has 5 aromatic rings. The fourth-order valence-corrected chi connectivity index (χ4v) is 6.73. The van der Waals surface area contributed by atoms with Crippen molar-refractivity contribution in [3.63, 3.8) is 0 Å². The van der Waals surface area contributed by atoms with E-state index in [1.807, 2.05) is 53.4 Å². The number of para-hydroxylation sites is 2. The van der Waals surface area contributed by atoms with E-state index in [1.165, 1.54) is 11.3 Å². The van der Waals surface area contributed by atoms with Crippen LogP contribution in [-0.2, 0) is 5.41 Å². The number of carbonyl (C=O) groups is 1. The maximum atomic E-state index is 12.8. The van der Waals surface area contributed by atoms with Crippen LogP contribution in [0.3, 0.4) is 0 Å². The van der Waals surface area contributed by atoms with Crippen molar-refractivity contribution >= 4 is 85.0 Å². The number of rotatable bonds is 4. The molecule has 0 saturated heterocycles. The van der Waals surface area contributed by atoms with Crippen LogP contribution in [0.4, 0.5) is 27.7 Å². The normalized spacial score (nSPS) is 14.1. The van der Waals surface area contributed by atoms with Gasteiger partial charge in [-0.2, -0.15) is 0 Å². The minimum absolute atomic E-state index is 0.162. The van der Waals surface area contributed by atoms with E-state index in [0.717, 1.165) is 32.0 Å². The summed E-state index contributed by atoms with van der Waals surface area (Å²) < 4.78 is 1.39. The van der Waals surface area contributed by atoms with Crippen LogP contribution >= 0.6 is 45.9 Å². The Balaban J connectivity index is 1.41. The number of phenolic OH excluding ortho intramolecular Hbond substituents is 1. The van der Waals surface area contributed by atoms with Gasteiger partial charge in [0, 0.05) is 27.9 Å². The molecule has 0 spiro atoms. The van der Waals surface area contributed by atoms with E-state index in [4.69, 9.17) is 28.2 Å². The van der Waals surface area contributed by atoms with E-state index >= 15 is 0 Å². The highest BCUT2D eigenvalue weighted by Gasteiger charge is 2.41. The predicted octanol–water partition coefficient (Wildman–Crippen LogP) is 8.51. The van der Waals surface area contributed by atoms with Gasteiger partial charge in [0.05, 0.1) is 27.3 Å². The summed E-state index contributed by atoms with van der Waals surface area (Å²) in [7, 11) is 0. The van der Waals surface area contributed by atoms with Crippen LogP contribution in [-0.4, -0.2) is 27.7 Å². The number of halogens is 2. The van der Waals surface area contributed by atoms with Crippen molar-refractivity contribution in [1.29, 1.82) is 0 Å². The first kappa shape index (κ1) is 24.9. The molecule has 3 N–H and O–H groups in total. The summed E-state index contributed by atoms with van der Waals surface area (Å²) >= 11 is 14.9. The fraction of sp³-hybridized carbons (Fsp3) is 0.148. The summed E-state index contributed by atoms with van der Waals surface area (Å²) in [6, 6.07) is 16.4. The molecule has 38 heavy (non-hydrogen) atoms. The lowest BCUT2D eigenvalue weighted by atomic mass is 9.83. The highest BCUT2D eigenvalue weighted by molar-refractivity contribution is 7.21. The zero-order valence-electron chi connectivity index (χ0n) is 20.3. The summed E-state index contributed by atoms with van der Waals surface area (Å²) in [5.74, 6) is 0.539. The van der Waals surface area contributed by atoms with E-state index in [1.54, 1.807) is 22.8 Å². The van der Waals surface area contributed by atoms with Gasteiger partial charge in [0.1, 0.15) is 16.6 Å². The van der Waals surface area contributed by atoms with E-state index in [9.17, 15) is 9.90 Å². The van der Waals surface area contributed by atoms with Gasteiger partial charge >= 0.3 is 6.03 Å². The monoisotopic (exact) mass is 581 g/mol. The molecule has 0 radical (unpaired) electrons. The van der Waals surface area contributed by atoms with Crippen molar-refractivity contribution in [3.8, 4) is 16.3 Å². The van der Waals surface area contributed by atoms with Gasteiger partial charge in [-0.15, -0.1) is 22.7 Å². The molecule has 1 aliphatic rings. The Morgan fingerprint density at radius 3 is 2.68 bits per heavy atom. The fourth-order valence-electron chi connectivity index (χ4n) is 4.89. The average Bonchev–Trinajstić information content (AvgIpc) is 3.55. The van der Waals surface area contributed by atoms with Crippen LogP contribution in [0.5, 0.6) is 5.75 Å². The summed E-state index contributed by atoms with van der Waals surface area (Å²) in [5, 5.41) is 19.9. The molecular formula is C27H21Cl2N5O2S2. The Labute approximate surface area is 236 Å². The highest BCUT2D eigenvalue weighted by Crippen LogP contribution is 2.54. The molecule has 2 amide bonds. The van der Waals surface area contributed by atoms with Crippen molar-refractivity contribution in [2.24, 2.45) is 0 Å². The lowest BCUT2D eigenvalue weighted by Gasteiger charge is -2.25. The molecule has 6 rings (SSSR count). The first-order chi connectivity index (χ1) is 18.2. The minimum Gasteiger partial charge on any atom is -0.506 e. The SMILES string of the molecule is CC1(C)CN(c2ccccc2NC(=O)Nc2csc(Cl)n2)c2c(O)ccc(-c3nc4cc(Cl)ccc4s3)c21. The van der Waals surface area contributed by atoms with Gasteiger partial charge in [-0.05, 0) is 48.0 Å². The average molecular weight is 583 g/mol. The third-order valence-corrected chi connectivity index (χ3v) is 8.68. The van der Waals surface area contributed by atoms with Gasteiger partial charge in [-0.1, -0.05) is 49.2 Å². The number of aromatic nitrogens is 2. The molecule has 3 heterocycles. The zero-order valence-corrected chi connectivity index (χ0v) is 23.4. The molecule has 0 fully saturated rings. The van der Waals surface area contributed by atoms with Crippen molar-refractivity contribution in [2.45, 2.75) is 19.3 Å². The lowest BCUT2D eigenvalue weighted by Crippen LogP contribution is -2.27. The van der Waals surface area contributed by atoms with E-state index < -0.39 is 6.03 Å². The Morgan fingerprint density at radius 2 is 1.89 bits per heavy atom. The van der Waals surface area contributed by atoms with Gasteiger partial charge in [-0.3, -0.25) is 5.32 Å². The third kappa shape index (κ3) is 4.45. The number of thiazole rings is 2. The molecule has 0 saturated carbocycles. The molecule has 0 aliphatic carbocycles. The maximum Gasteiger partial charge on any atom is 0.324 e. The van der Waals surface area contributed by atoms with Crippen molar-refractivity contribution in [2.75, 3.05) is 22.1 Å². The zero-order chi connectivity index (χ0) is 26.6. The van der Waals surface area contributed by atoms with E-state index in [-0.39, 0.29) is 11.2 Å². The topological polar surface area (TPSA) is 90.4 Å². The second-order valence-electron chi connectivity index (χ2n) is 9.54. The van der Waals surface area contributed by atoms with E-state index in [2.05, 4.69) is 29.5 Å². The van der Waals surface area contributed by atoms with Crippen molar-refractivity contribution < 1.29 is 9.90 Å². The third-order valence-electron chi connectivity index (χ3n) is 6.40. The predicted molar refractivity (Wildman–Crippen MR) is 158 cm³/mol. The van der Waals surface area contributed by atoms with Crippen LogP contribution in [0.1, 0.15) is 19.4 Å². The first-order valence-electron chi connectivity index (χ1n) is 11.7. The highest BCUT2D eigenvalue weighted by atomic mass is 35.5. The van der Waals surface area contributed by atoms with Gasteiger partial charge in [0.15, 0.2) is 4.47 Å². The van der Waals surface area contributed by atoms with Crippen LogP contribution in [0.15, 0.2) is 60.0 Å². The number of nitrogens with one attached hydrogen (secondary N) is 2. The lowest BCUT2D eigenvalue weighted by molar-refractivity contribution is 0.262. The van der Waals surface area contributed by atoms with Gasteiger partial charge in [0.25, 0.3) is 0 Å². The number of aromatic hydroxyl groups is 1. The Hall–Kier alpha value is -3.37. The summed E-state index contributed by atoms with van der Waals surface area (Å²) in [4.78, 5) is 23.7. The second-order valence-corrected chi connectivity index (χ2v) is 12.4. The van der Waals surface area contributed by atoms with Crippen LogP contribution in [0.25, 0.3) is 20.8 Å². The Morgan fingerprint density at radius 1 is 1.08 bits per heavy atom. The number of carbonyl (C=O) groups excluding carboxylic acids is 1. The summed E-state index contributed by atoms with van der Waals surface area (Å²) in [6.07, 6.45) is 0. The standard InChI is InChI=1S/C27H21Cl2N5O2S2/c1-27(2)13-34(18-6-4-3-5-16(18)31-26(36)33-21-12-37-25(29)32-21)23-19(35)9-8-15(22(23)27)24-30-17-11-14(28)7-10-20(17)38-24/h3-12,35H,13H2,1-2H3,(H2,31,33,36). The molecule has 1 aliphatic heterocycles. The number of hydrogen-bond donors (Lipinski definition) is 3. The van der Waals surface area contributed by atoms with Gasteiger partial charge in [0.2, 0.25) is 0 Å². The molecule has 3 aromatic carbocycles. The van der Waals surface area contributed by atoms with Crippen LogP contribution in [0, 0.1) is 0 Å². The van der Waals surface area contributed by atoms with E-state index in [0.29, 0.717) is 33.2 Å². The number of fused-ring (bicyclic) bond motifs is 2. The molecule has 11 heteroatoms. The Bertz CT molecular complexity index is 1720. The molecule has 192 valence electrons. The number of anilines is 4. The van der Waals surface area contributed by atoms with Crippen molar-refractivity contribution in [3.05, 3.63) is 75.0 Å². The molecule has 7 nitrogen and oxygen atoms in total. The number of hydrogen-bond acceptors (Lipinski definition) is 7. The maximum absolute atomic E-state index is 12.8. The second kappa shape index (κ2) is 9.43. The number of benzene rings is 3. The number of urea groups is 1. The molecule has 2 aromatic heterocycles. The summed E-state index contributed by atoms with van der Waals surface area (Å²) in [5.41, 5.74) is 4.53. The van der Waals surface area contributed by atoms with Crippen LogP contribution in [0.2, 0.25) is 9.49 Å². The smallest absolute Gasteiger partial charge is 0.324 e. The first-order valence-corrected chi connectivity index (χ1v) is 14.1. The number of nitrogens with zero attached hydrogens (tertiary/aromatic N) is 3. The quantitative estimate of drug-likeness (QED) is 0.198. The summed E-state index contributed by atoms with van der Waals surface area (Å²) in [6.45, 7) is 4.88. The largest absolute Gasteiger partial charge is 0.506 e. The number of amides is 2. The molecule has 0 unspecified atom stereocenters. The molecular weight excluding hydrogens is 561 g/mol. The molecule has 0 atom stereocenters. The molecule has 0 bridgehead atoms. The van der Waals surface area contributed by atoms with Gasteiger partial charge in [-0.25, -0.2) is 14.8 Å². The Kier molecular flexibility index (Phi) is 6.19. The van der Waals surface area contributed by atoms with Crippen molar-refractivity contribution in [1.82, 2.24) is 9.97 Å². The minimum atomic E-state index is -0.441. The number of phenols is 1. The van der Waals surface area contributed by atoms with Crippen LogP contribution < -0.4 is 15.5 Å².